The predicted octanol–water partition coefficient (Wildman–Crippen LogP) is 2.22. The van der Waals surface area contributed by atoms with Crippen LogP contribution >= 0.6 is 0 Å². The Bertz CT molecular complexity index is 418. The minimum Gasteiger partial charge on any atom is -0.369 e. The van der Waals surface area contributed by atoms with Crippen molar-refractivity contribution < 1.29 is 4.79 Å². The summed E-state index contributed by atoms with van der Waals surface area (Å²) in [5.74, 6) is 1.13. The van der Waals surface area contributed by atoms with Crippen molar-refractivity contribution in [3.05, 3.63) is 18.1 Å². The van der Waals surface area contributed by atoms with E-state index in [2.05, 4.69) is 27.5 Å². The monoisotopic (exact) mass is 262 g/mol. The van der Waals surface area contributed by atoms with Crippen LogP contribution < -0.4 is 10.6 Å². The number of aromatic nitrogens is 2. The number of hydrogen-bond donors (Lipinski definition) is 2. The molecule has 1 aliphatic carbocycles. The average molecular weight is 262 g/mol. The first kappa shape index (κ1) is 13.8. The SMILES string of the molecule is CCNc1cnc(C(=O)NC2CCCCC2C)cn1. The van der Waals surface area contributed by atoms with Crippen LogP contribution in [0.5, 0.6) is 0 Å². The van der Waals surface area contributed by atoms with Crippen molar-refractivity contribution in [1.29, 1.82) is 0 Å². The molecule has 1 heterocycles. The highest BCUT2D eigenvalue weighted by Crippen LogP contribution is 2.23. The van der Waals surface area contributed by atoms with E-state index in [-0.39, 0.29) is 11.9 Å². The molecule has 2 rings (SSSR count). The Balaban J connectivity index is 1.95. The number of nitrogens with one attached hydrogen (secondary N) is 2. The summed E-state index contributed by atoms with van der Waals surface area (Å²) in [4.78, 5) is 20.4. The minimum absolute atomic E-state index is 0.116. The lowest BCUT2D eigenvalue weighted by atomic mass is 9.86. The van der Waals surface area contributed by atoms with E-state index in [1.807, 2.05) is 6.92 Å². The van der Waals surface area contributed by atoms with Crippen molar-refractivity contribution in [3.63, 3.8) is 0 Å². The van der Waals surface area contributed by atoms with Gasteiger partial charge in [0.25, 0.3) is 5.91 Å². The molecule has 0 radical (unpaired) electrons. The maximum absolute atomic E-state index is 12.1. The number of nitrogens with zero attached hydrogens (tertiary/aromatic N) is 2. The molecular formula is C14H22N4O. The van der Waals surface area contributed by atoms with Gasteiger partial charge in [-0.1, -0.05) is 19.8 Å². The average Bonchev–Trinajstić information content (AvgIpc) is 2.42. The van der Waals surface area contributed by atoms with Crippen LogP contribution in [0.25, 0.3) is 0 Å². The van der Waals surface area contributed by atoms with Crippen molar-refractivity contribution in [2.24, 2.45) is 5.92 Å². The largest absolute Gasteiger partial charge is 0.369 e. The summed E-state index contributed by atoms with van der Waals surface area (Å²) in [6.07, 6.45) is 7.85. The second kappa shape index (κ2) is 6.50. The summed E-state index contributed by atoms with van der Waals surface area (Å²) < 4.78 is 0. The van der Waals surface area contributed by atoms with E-state index >= 15 is 0 Å². The summed E-state index contributed by atoms with van der Waals surface area (Å²) in [5, 5.41) is 6.13. The fourth-order valence-corrected chi connectivity index (χ4v) is 2.49. The molecule has 5 nitrogen and oxygen atoms in total. The highest BCUT2D eigenvalue weighted by Gasteiger charge is 2.23. The fraction of sp³-hybridized carbons (Fsp3) is 0.643. The van der Waals surface area contributed by atoms with Crippen molar-refractivity contribution in [1.82, 2.24) is 15.3 Å². The number of amides is 1. The van der Waals surface area contributed by atoms with Crippen molar-refractivity contribution in [3.8, 4) is 0 Å². The van der Waals surface area contributed by atoms with Gasteiger partial charge in [0, 0.05) is 12.6 Å². The van der Waals surface area contributed by atoms with Gasteiger partial charge in [-0.2, -0.15) is 0 Å². The maximum atomic E-state index is 12.1. The molecule has 2 unspecified atom stereocenters. The van der Waals surface area contributed by atoms with E-state index in [1.165, 1.54) is 25.5 Å². The molecule has 0 spiro atoms. The van der Waals surface area contributed by atoms with Crippen LogP contribution in [0.1, 0.15) is 50.0 Å². The number of hydrogen-bond acceptors (Lipinski definition) is 4. The second-order valence-electron chi connectivity index (χ2n) is 5.16. The van der Waals surface area contributed by atoms with Gasteiger partial charge in [0.05, 0.1) is 12.4 Å². The van der Waals surface area contributed by atoms with Gasteiger partial charge in [-0.05, 0) is 25.7 Å². The molecule has 1 amide bonds. The summed E-state index contributed by atoms with van der Waals surface area (Å²) in [7, 11) is 0. The van der Waals surface area contributed by atoms with Gasteiger partial charge < -0.3 is 10.6 Å². The highest BCUT2D eigenvalue weighted by molar-refractivity contribution is 5.92. The fourth-order valence-electron chi connectivity index (χ4n) is 2.49. The molecule has 19 heavy (non-hydrogen) atoms. The lowest BCUT2D eigenvalue weighted by Crippen LogP contribution is -2.41. The van der Waals surface area contributed by atoms with E-state index in [0.29, 0.717) is 17.4 Å². The molecule has 0 saturated heterocycles. The first-order valence-corrected chi connectivity index (χ1v) is 7.07. The van der Waals surface area contributed by atoms with E-state index in [9.17, 15) is 4.79 Å². The van der Waals surface area contributed by atoms with Crippen LogP contribution in [-0.4, -0.2) is 28.5 Å². The van der Waals surface area contributed by atoms with Gasteiger partial charge in [0.1, 0.15) is 11.5 Å². The lowest BCUT2D eigenvalue weighted by Gasteiger charge is -2.29. The topological polar surface area (TPSA) is 66.9 Å². The van der Waals surface area contributed by atoms with Gasteiger partial charge in [-0.25, -0.2) is 9.97 Å². The van der Waals surface area contributed by atoms with Crippen LogP contribution in [0.4, 0.5) is 5.82 Å². The third-order valence-electron chi connectivity index (χ3n) is 3.67. The molecule has 2 N–H and O–H groups in total. The Hall–Kier alpha value is -1.65. The van der Waals surface area contributed by atoms with Gasteiger partial charge in [0.15, 0.2) is 0 Å². The molecule has 0 bridgehead atoms. The van der Waals surface area contributed by atoms with Crippen molar-refractivity contribution in [2.75, 3.05) is 11.9 Å². The lowest BCUT2D eigenvalue weighted by molar-refractivity contribution is 0.0905. The zero-order valence-corrected chi connectivity index (χ0v) is 11.6. The molecule has 1 aromatic rings. The Labute approximate surface area is 114 Å². The normalized spacial score (nSPS) is 22.8. The summed E-state index contributed by atoms with van der Waals surface area (Å²) in [5.41, 5.74) is 0.388. The first-order valence-electron chi connectivity index (χ1n) is 7.07. The Kier molecular flexibility index (Phi) is 4.71. The quantitative estimate of drug-likeness (QED) is 0.873. The zero-order valence-electron chi connectivity index (χ0n) is 11.6. The van der Waals surface area contributed by atoms with Gasteiger partial charge in [-0.3, -0.25) is 4.79 Å². The highest BCUT2D eigenvalue weighted by atomic mass is 16.1. The third kappa shape index (κ3) is 3.66. The summed E-state index contributed by atoms with van der Waals surface area (Å²) in [6.45, 7) is 4.98. The molecule has 1 saturated carbocycles. The van der Waals surface area contributed by atoms with Crippen LogP contribution in [0.2, 0.25) is 0 Å². The first-order chi connectivity index (χ1) is 9.20. The van der Waals surface area contributed by atoms with Gasteiger partial charge in [0.2, 0.25) is 0 Å². The number of carbonyl (C=O) groups is 1. The summed E-state index contributed by atoms with van der Waals surface area (Å²) in [6, 6.07) is 0.275. The van der Waals surface area contributed by atoms with Crippen molar-refractivity contribution >= 4 is 11.7 Å². The smallest absolute Gasteiger partial charge is 0.271 e. The standard InChI is InChI=1S/C14H22N4O/c1-3-15-13-9-16-12(8-17-13)14(19)18-11-7-5-4-6-10(11)2/h8-11H,3-7H2,1-2H3,(H,15,17)(H,18,19). The van der Waals surface area contributed by atoms with E-state index in [1.54, 1.807) is 6.20 Å². The number of rotatable bonds is 4. The Morgan fingerprint density at radius 3 is 2.74 bits per heavy atom. The molecule has 1 fully saturated rings. The molecule has 104 valence electrons. The summed E-state index contributed by atoms with van der Waals surface area (Å²) >= 11 is 0. The predicted molar refractivity (Wildman–Crippen MR) is 75.1 cm³/mol. The molecule has 2 atom stereocenters. The maximum Gasteiger partial charge on any atom is 0.271 e. The molecule has 1 aliphatic rings. The van der Waals surface area contributed by atoms with E-state index in [0.717, 1.165) is 13.0 Å². The molecule has 0 aromatic carbocycles. The van der Waals surface area contributed by atoms with Crippen LogP contribution in [-0.2, 0) is 0 Å². The minimum atomic E-state index is -0.116. The van der Waals surface area contributed by atoms with Crippen LogP contribution in [0, 0.1) is 5.92 Å². The number of anilines is 1. The molecule has 1 aromatic heterocycles. The second-order valence-corrected chi connectivity index (χ2v) is 5.16. The number of carbonyl (C=O) groups excluding carboxylic acids is 1. The molecular weight excluding hydrogens is 240 g/mol. The van der Waals surface area contributed by atoms with Crippen LogP contribution in [0.15, 0.2) is 12.4 Å². The molecule has 0 aliphatic heterocycles. The van der Waals surface area contributed by atoms with Crippen LogP contribution in [0.3, 0.4) is 0 Å². The Morgan fingerprint density at radius 1 is 1.32 bits per heavy atom. The van der Waals surface area contributed by atoms with Gasteiger partial charge in [-0.15, -0.1) is 0 Å². The van der Waals surface area contributed by atoms with Crippen molar-refractivity contribution in [2.45, 2.75) is 45.6 Å². The van der Waals surface area contributed by atoms with E-state index in [4.69, 9.17) is 0 Å². The zero-order chi connectivity index (χ0) is 13.7. The van der Waals surface area contributed by atoms with Gasteiger partial charge >= 0.3 is 0 Å². The van der Waals surface area contributed by atoms with E-state index < -0.39 is 0 Å². The molecule has 5 heteroatoms. The third-order valence-corrected chi connectivity index (χ3v) is 3.67. The Morgan fingerprint density at radius 2 is 2.11 bits per heavy atom.